The molecule has 5 nitrogen and oxygen atoms in total. The Kier molecular flexibility index (Phi) is 3.20. The Balaban J connectivity index is 1.79. The molecule has 1 saturated carbocycles. The van der Waals surface area contributed by atoms with Gasteiger partial charge in [-0.25, -0.2) is 0 Å². The summed E-state index contributed by atoms with van der Waals surface area (Å²) in [7, 11) is 0. The predicted molar refractivity (Wildman–Crippen MR) is 84.2 cm³/mol. The van der Waals surface area contributed by atoms with E-state index in [0.29, 0.717) is 12.6 Å². The highest BCUT2D eigenvalue weighted by Crippen LogP contribution is 2.29. The molecule has 4 rings (SSSR count). The van der Waals surface area contributed by atoms with Gasteiger partial charge in [0.2, 0.25) is 0 Å². The maximum atomic E-state index is 4.16. The maximum absolute atomic E-state index is 4.16. The molecule has 1 heterocycles. The molecule has 6 heteroatoms. The first kappa shape index (κ1) is 12.9. The standard InChI is InChI=1S/C15H14BrN5/c16-13-7-8-14(12-4-2-1-3-11(12)13)21-15(18-19-20-21)9-17-10-5-6-10/h1-4,7-8,10,17H,5-6,9H2. The fourth-order valence-corrected chi connectivity index (χ4v) is 2.94. The Morgan fingerprint density at radius 1 is 1.14 bits per heavy atom. The Bertz CT molecular complexity index is 794. The van der Waals surface area contributed by atoms with E-state index in [-0.39, 0.29) is 0 Å². The maximum Gasteiger partial charge on any atom is 0.170 e. The molecule has 1 aromatic heterocycles. The summed E-state index contributed by atoms with van der Waals surface area (Å²) in [4.78, 5) is 0. The number of hydrogen-bond donors (Lipinski definition) is 1. The van der Waals surface area contributed by atoms with Gasteiger partial charge in [0.25, 0.3) is 0 Å². The Labute approximate surface area is 130 Å². The Morgan fingerprint density at radius 3 is 2.76 bits per heavy atom. The Morgan fingerprint density at radius 2 is 1.95 bits per heavy atom. The van der Waals surface area contributed by atoms with Crippen LogP contribution in [0.5, 0.6) is 0 Å². The topological polar surface area (TPSA) is 55.6 Å². The zero-order chi connectivity index (χ0) is 14.2. The fourth-order valence-electron chi connectivity index (χ4n) is 2.46. The third kappa shape index (κ3) is 2.45. The molecular formula is C15H14BrN5. The molecule has 0 spiro atoms. The van der Waals surface area contributed by atoms with Crippen molar-refractivity contribution >= 4 is 26.7 Å². The molecule has 2 aromatic carbocycles. The number of aromatic nitrogens is 4. The van der Waals surface area contributed by atoms with Crippen LogP contribution >= 0.6 is 15.9 Å². The summed E-state index contributed by atoms with van der Waals surface area (Å²) in [5.41, 5.74) is 1.01. The molecule has 3 aromatic rings. The van der Waals surface area contributed by atoms with E-state index in [4.69, 9.17) is 0 Å². The van der Waals surface area contributed by atoms with Gasteiger partial charge in [-0.2, -0.15) is 4.68 Å². The minimum atomic E-state index is 0.636. The van der Waals surface area contributed by atoms with Crippen LogP contribution in [-0.2, 0) is 6.54 Å². The molecule has 0 aliphatic heterocycles. The van der Waals surface area contributed by atoms with Crippen LogP contribution in [0, 0.1) is 0 Å². The SMILES string of the molecule is Brc1ccc(-n2nnnc2CNC2CC2)c2ccccc12. The van der Waals surface area contributed by atoms with Crippen molar-refractivity contribution in [2.45, 2.75) is 25.4 Å². The second-order valence-corrected chi connectivity index (χ2v) is 6.13. The predicted octanol–water partition coefficient (Wildman–Crippen LogP) is 2.83. The van der Waals surface area contributed by atoms with E-state index in [1.165, 1.54) is 12.8 Å². The van der Waals surface area contributed by atoms with Gasteiger partial charge < -0.3 is 5.32 Å². The molecule has 0 amide bonds. The summed E-state index contributed by atoms with van der Waals surface area (Å²) in [6, 6.07) is 13.0. The van der Waals surface area contributed by atoms with Crippen molar-refractivity contribution < 1.29 is 0 Å². The summed E-state index contributed by atoms with van der Waals surface area (Å²) in [6.45, 7) is 0.696. The molecule has 1 aliphatic carbocycles. The first-order chi connectivity index (χ1) is 10.3. The van der Waals surface area contributed by atoms with E-state index in [2.05, 4.69) is 48.9 Å². The van der Waals surface area contributed by atoms with Crippen LogP contribution in [0.1, 0.15) is 18.7 Å². The first-order valence-corrected chi connectivity index (χ1v) is 7.80. The van der Waals surface area contributed by atoms with Crippen molar-refractivity contribution in [1.82, 2.24) is 25.5 Å². The number of nitrogens with zero attached hydrogens (tertiary/aromatic N) is 4. The van der Waals surface area contributed by atoms with Crippen LogP contribution in [0.3, 0.4) is 0 Å². The van der Waals surface area contributed by atoms with E-state index in [1.807, 2.05) is 28.9 Å². The van der Waals surface area contributed by atoms with E-state index in [1.54, 1.807) is 0 Å². The molecule has 0 bridgehead atoms. The lowest BCUT2D eigenvalue weighted by Crippen LogP contribution is -2.19. The minimum absolute atomic E-state index is 0.636. The lowest BCUT2D eigenvalue weighted by molar-refractivity contribution is 0.638. The van der Waals surface area contributed by atoms with Crippen LogP contribution in [0.25, 0.3) is 16.5 Å². The molecule has 0 radical (unpaired) electrons. The molecule has 1 fully saturated rings. The van der Waals surface area contributed by atoms with Crippen LogP contribution in [0.2, 0.25) is 0 Å². The zero-order valence-corrected chi connectivity index (χ0v) is 12.9. The van der Waals surface area contributed by atoms with Crippen molar-refractivity contribution in [3.05, 3.63) is 46.7 Å². The summed E-state index contributed by atoms with van der Waals surface area (Å²) in [6.07, 6.45) is 2.51. The van der Waals surface area contributed by atoms with Crippen molar-refractivity contribution in [3.63, 3.8) is 0 Å². The number of hydrogen-bond acceptors (Lipinski definition) is 4. The molecule has 21 heavy (non-hydrogen) atoms. The largest absolute Gasteiger partial charge is 0.307 e. The highest BCUT2D eigenvalue weighted by atomic mass is 79.9. The summed E-state index contributed by atoms with van der Waals surface area (Å²) in [5.74, 6) is 0.842. The van der Waals surface area contributed by atoms with Gasteiger partial charge in [0.15, 0.2) is 5.82 Å². The number of fused-ring (bicyclic) bond motifs is 1. The summed E-state index contributed by atoms with van der Waals surface area (Å²) >= 11 is 3.60. The smallest absolute Gasteiger partial charge is 0.170 e. The van der Waals surface area contributed by atoms with Gasteiger partial charge in [-0.1, -0.05) is 40.2 Å². The fraction of sp³-hybridized carbons (Fsp3) is 0.267. The lowest BCUT2D eigenvalue weighted by Gasteiger charge is -2.10. The van der Waals surface area contributed by atoms with Crippen molar-refractivity contribution in [2.75, 3.05) is 0 Å². The average molecular weight is 344 g/mol. The zero-order valence-electron chi connectivity index (χ0n) is 11.3. The number of nitrogens with one attached hydrogen (secondary N) is 1. The van der Waals surface area contributed by atoms with Crippen LogP contribution in [-0.4, -0.2) is 26.2 Å². The number of halogens is 1. The van der Waals surface area contributed by atoms with Gasteiger partial charge in [-0.3, -0.25) is 0 Å². The monoisotopic (exact) mass is 343 g/mol. The molecule has 106 valence electrons. The van der Waals surface area contributed by atoms with Crippen LogP contribution in [0.4, 0.5) is 0 Å². The second-order valence-electron chi connectivity index (χ2n) is 5.27. The van der Waals surface area contributed by atoms with Crippen molar-refractivity contribution in [3.8, 4) is 5.69 Å². The van der Waals surface area contributed by atoms with Crippen LogP contribution in [0.15, 0.2) is 40.9 Å². The number of benzene rings is 2. The summed E-state index contributed by atoms with van der Waals surface area (Å²) < 4.78 is 2.90. The summed E-state index contributed by atoms with van der Waals surface area (Å²) in [5, 5.41) is 17.9. The molecule has 0 saturated heterocycles. The molecule has 0 atom stereocenters. The van der Waals surface area contributed by atoms with E-state index >= 15 is 0 Å². The van der Waals surface area contributed by atoms with Gasteiger partial charge in [0.1, 0.15) is 0 Å². The molecule has 0 unspecified atom stereocenters. The van der Waals surface area contributed by atoms with Gasteiger partial charge in [-0.05, 0) is 40.8 Å². The minimum Gasteiger partial charge on any atom is -0.307 e. The van der Waals surface area contributed by atoms with Crippen molar-refractivity contribution in [1.29, 1.82) is 0 Å². The molecule has 1 N–H and O–H groups in total. The average Bonchev–Trinajstić information content (AvgIpc) is 3.23. The second kappa shape index (κ2) is 5.20. The third-order valence-electron chi connectivity index (χ3n) is 3.74. The van der Waals surface area contributed by atoms with Crippen LogP contribution < -0.4 is 5.32 Å². The lowest BCUT2D eigenvalue weighted by atomic mass is 10.1. The van der Waals surface area contributed by atoms with Crippen molar-refractivity contribution in [2.24, 2.45) is 0 Å². The van der Waals surface area contributed by atoms with Gasteiger partial charge in [0, 0.05) is 15.9 Å². The van der Waals surface area contributed by atoms with E-state index in [9.17, 15) is 0 Å². The Hall–Kier alpha value is -1.79. The third-order valence-corrected chi connectivity index (χ3v) is 4.43. The normalized spacial score (nSPS) is 14.7. The van der Waals surface area contributed by atoms with E-state index in [0.717, 1.165) is 26.8 Å². The number of rotatable bonds is 4. The van der Waals surface area contributed by atoms with Gasteiger partial charge in [-0.15, -0.1) is 5.10 Å². The number of tetrazole rings is 1. The quantitative estimate of drug-likeness (QED) is 0.791. The molecular weight excluding hydrogens is 330 g/mol. The van der Waals surface area contributed by atoms with Gasteiger partial charge in [0.05, 0.1) is 12.2 Å². The first-order valence-electron chi connectivity index (χ1n) is 7.01. The van der Waals surface area contributed by atoms with E-state index < -0.39 is 0 Å². The highest BCUT2D eigenvalue weighted by Gasteiger charge is 2.21. The molecule has 1 aliphatic rings. The van der Waals surface area contributed by atoms with Gasteiger partial charge >= 0.3 is 0 Å². The highest BCUT2D eigenvalue weighted by molar-refractivity contribution is 9.10.